The molecule has 2 rings (SSSR count). The third-order valence-electron chi connectivity index (χ3n) is 4.32. The van der Waals surface area contributed by atoms with Gasteiger partial charge in [-0.15, -0.1) is 36.2 Å². The molecule has 1 atom stereocenters. The molecule has 3 N–H and O–H groups in total. The van der Waals surface area contributed by atoms with Crippen LogP contribution >= 0.6 is 36.2 Å². The van der Waals surface area contributed by atoms with Gasteiger partial charge in [0, 0.05) is 6.54 Å². The topological polar surface area (TPSA) is 77.2 Å². The minimum atomic E-state index is -0.474. The van der Waals surface area contributed by atoms with Crippen LogP contribution < -0.4 is 15.8 Å². The number of carbonyl (C=O) groups is 1. The Balaban J connectivity index is 0.00000338. The van der Waals surface area contributed by atoms with Gasteiger partial charge in [-0.1, -0.05) is 13.8 Å². The Morgan fingerprint density at radius 2 is 1.93 bits per heavy atom. The fraction of sp³-hybridized carbons (Fsp3) is 0.444. The summed E-state index contributed by atoms with van der Waals surface area (Å²) >= 11 is 1.29. The molecule has 152 valence electrons. The van der Waals surface area contributed by atoms with Crippen LogP contribution in [0.3, 0.4) is 0 Å². The number of hydrogen-bond acceptors (Lipinski definition) is 5. The fourth-order valence-electron chi connectivity index (χ4n) is 2.15. The Morgan fingerprint density at radius 3 is 2.44 bits per heavy atom. The number of benzene rings is 1. The van der Waals surface area contributed by atoms with Crippen molar-refractivity contribution in [1.82, 2.24) is 10.3 Å². The highest BCUT2D eigenvalue weighted by molar-refractivity contribution is 7.13. The Labute approximate surface area is 175 Å². The molecule has 0 fully saturated rings. The van der Waals surface area contributed by atoms with Gasteiger partial charge >= 0.3 is 0 Å². The number of hydrogen-bond donors (Lipinski definition) is 2. The molecule has 0 aliphatic carbocycles. The maximum absolute atomic E-state index is 12.9. The van der Waals surface area contributed by atoms with E-state index in [-0.39, 0.29) is 49.1 Å². The zero-order valence-corrected chi connectivity index (χ0v) is 18.2. The largest absolute Gasteiger partial charge is 0.486 e. The predicted octanol–water partition coefficient (Wildman–Crippen LogP) is 4.12. The molecule has 1 aromatic heterocycles. The summed E-state index contributed by atoms with van der Waals surface area (Å²) in [4.78, 5) is 17.5. The van der Waals surface area contributed by atoms with Crippen molar-refractivity contribution in [3.8, 4) is 5.75 Å². The molecule has 0 saturated carbocycles. The lowest BCUT2D eigenvalue weighted by Crippen LogP contribution is -2.54. The minimum absolute atomic E-state index is 0. The molecule has 0 spiro atoms. The molecule has 1 amide bonds. The number of nitrogens with zero attached hydrogens (tertiary/aromatic N) is 1. The molecular weight excluding hydrogens is 412 g/mol. The van der Waals surface area contributed by atoms with Crippen LogP contribution in [0.4, 0.5) is 4.39 Å². The van der Waals surface area contributed by atoms with Crippen LogP contribution in [0.5, 0.6) is 5.75 Å². The molecule has 9 heteroatoms. The van der Waals surface area contributed by atoms with E-state index in [9.17, 15) is 9.18 Å². The summed E-state index contributed by atoms with van der Waals surface area (Å²) in [5.74, 6) is 0.265. The van der Waals surface area contributed by atoms with Gasteiger partial charge < -0.3 is 15.8 Å². The zero-order valence-electron chi connectivity index (χ0n) is 15.7. The number of rotatable bonds is 7. The summed E-state index contributed by atoms with van der Waals surface area (Å²) in [6.45, 7) is 8.35. The van der Waals surface area contributed by atoms with Crippen molar-refractivity contribution >= 4 is 42.1 Å². The second-order valence-electron chi connectivity index (χ2n) is 6.50. The van der Waals surface area contributed by atoms with Crippen LogP contribution in [0.1, 0.15) is 41.1 Å². The molecule has 1 heterocycles. The van der Waals surface area contributed by atoms with Crippen LogP contribution in [0.15, 0.2) is 24.3 Å². The van der Waals surface area contributed by atoms with Crippen LogP contribution in [0.2, 0.25) is 0 Å². The van der Waals surface area contributed by atoms with Crippen molar-refractivity contribution in [2.45, 2.75) is 39.8 Å². The number of carbonyl (C=O) groups excluding carboxylic acids is 1. The number of aromatic nitrogens is 1. The first kappa shape index (κ1) is 25.6. The second-order valence-corrected chi connectivity index (χ2v) is 7.58. The lowest BCUT2D eigenvalue weighted by atomic mass is 9.88. The maximum atomic E-state index is 12.9. The normalized spacial score (nSPS) is 12.6. The SMILES string of the molecule is Cc1nc(COc2ccc(F)cc2)sc1C(=O)NC(C)(CN)C(C)C.Cl.Cl. The molecule has 1 aromatic carbocycles. The van der Waals surface area contributed by atoms with Gasteiger partial charge in [0.2, 0.25) is 0 Å². The van der Waals surface area contributed by atoms with Gasteiger partial charge in [0.15, 0.2) is 0 Å². The lowest BCUT2D eigenvalue weighted by molar-refractivity contribution is 0.0886. The molecule has 1 unspecified atom stereocenters. The highest BCUT2D eigenvalue weighted by Gasteiger charge is 2.30. The third-order valence-corrected chi connectivity index (χ3v) is 5.45. The number of thiazole rings is 1. The van der Waals surface area contributed by atoms with E-state index in [2.05, 4.69) is 10.3 Å². The second kappa shape index (κ2) is 10.8. The molecule has 27 heavy (non-hydrogen) atoms. The van der Waals surface area contributed by atoms with Crippen molar-refractivity contribution in [3.63, 3.8) is 0 Å². The molecule has 0 aliphatic heterocycles. The number of nitrogens with one attached hydrogen (secondary N) is 1. The Bertz CT molecular complexity index is 741. The van der Waals surface area contributed by atoms with E-state index in [1.165, 1.54) is 23.5 Å². The van der Waals surface area contributed by atoms with E-state index >= 15 is 0 Å². The Morgan fingerprint density at radius 1 is 1.33 bits per heavy atom. The van der Waals surface area contributed by atoms with E-state index < -0.39 is 5.54 Å². The number of ether oxygens (including phenoxy) is 1. The first-order chi connectivity index (χ1) is 11.7. The summed E-state index contributed by atoms with van der Waals surface area (Å²) in [6.07, 6.45) is 0. The first-order valence-electron chi connectivity index (χ1n) is 8.12. The average molecular weight is 438 g/mol. The predicted molar refractivity (Wildman–Crippen MR) is 112 cm³/mol. The number of halogens is 3. The molecule has 0 saturated heterocycles. The van der Waals surface area contributed by atoms with Gasteiger partial charge in [-0.05, 0) is 44.0 Å². The smallest absolute Gasteiger partial charge is 0.263 e. The Hall–Kier alpha value is -1.41. The number of aryl methyl sites for hydroxylation is 1. The minimum Gasteiger partial charge on any atom is -0.486 e. The summed E-state index contributed by atoms with van der Waals surface area (Å²) in [7, 11) is 0. The number of amides is 1. The highest BCUT2D eigenvalue weighted by atomic mass is 35.5. The van der Waals surface area contributed by atoms with Crippen molar-refractivity contribution in [2.75, 3.05) is 6.54 Å². The average Bonchev–Trinajstić information content (AvgIpc) is 2.95. The molecule has 5 nitrogen and oxygen atoms in total. The molecule has 0 radical (unpaired) electrons. The van der Waals surface area contributed by atoms with Crippen molar-refractivity contribution < 1.29 is 13.9 Å². The van der Waals surface area contributed by atoms with E-state index in [1.807, 2.05) is 20.8 Å². The standard InChI is InChI=1S/C18H24FN3O2S.2ClH/c1-11(2)18(4,10-20)22-17(23)16-12(3)21-15(25-16)9-24-14-7-5-13(19)6-8-14;;/h5-8,11H,9-10,20H2,1-4H3,(H,22,23);2*1H. The molecule has 0 bridgehead atoms. The first-order valence-corrected chi connectivity index (χ1v) is 8.94. The van der Waals surface area contributed by atoms with Crippen LogP contribution in [-0.4, -0.2) is 23.0 Å². The van der Waals surface area contributed by atoms with Crippen LogP contribution in [0.25, 0.3) is 0 Å². The Kier molecular flexibility index (Phi) is 10.2. The van der Waals surface area contributed by atoms with Gasteiger partial charge in [-0.3, -0.25) is 4.79 Å². The monoisotopic (exact) mass is 437 g/mol. The van der Waals surface area contributed by atoms with Crippen molar-refractivity contribution in [2.24, 2.45) is 11.7 Å². The molecule has 0 aliphatic rings. The van der Waals surface area contributed by atoms with Gasteiger partial charge in [0.05, 0.1) is 11.2 Å². The number of nitrogens with two attached hydrogens (primary N) is 1. The molecule has 2 aromatic rings. The van der Waals surface area contributed by atoms with E-state index in [0.29, 0.717) is 27.9 Å². The van der Waals surface area contributed by atoms with E-state index in [1.54, 1.807) is 19.1 Å². The van der Waals surface area contributed by atoms with Gasteiger partial charge in [-0.2, -0.15) is 0 Å². The summed E-state index contributed by atoms with van der Waals surface area (Å²) in [5, 5.41) is 3.70. The van der Waals surface area contributed by atoms with Gasteiger partial charge in [0.1, 0.15) is 28.1 Å². The van der Waals surface area contributed by atoms with E-state index in [4.69, 9.17) is 10.5 Å². The van der Waals surface area contributed by atoms with Crippen LogP contribution in [0, 0.1) is 18.7 Å². The lowest BCUT2D eigenvalue weighted by Gasteiger charge is -2.33. The summed E-state index contributed by atoms with van der Waals surface area (Å²) in [5.41, 5.74) is 6.01. The van der Waals surface area contributed by atoms with Gasteiger partial charge in [0.25, 0.3) is 5.91 Å². The quantitative estimate of drug-likeness (QED) is 0.682. The summed E-state index contributed by atoms with van der Waals surface area (Å²) < 4.78 is 18.5. The third kappa shape index (κ3) is 6.60. The molecular formula is C18H26Cl2FN3O2S. The summed E-state index contributed by atoms with van der Waals surface area (Å²) in [6, 6.07) is 5.78. The van der Waals surface area contributed by atoms with Crippen LogP contribution in [-0.2, 0) is 6.61 Å². The highest BCUT2D eigenvalue weighted by Crippen LogP contribution is 2.22. The zero-order chi connectivity index (χ0) is 18.6. The maximum Gasteiger partial charge on any atom is 0.263 e. The van der Waals surface area contributed by atoms with Gasteiger partial charge in [-0.25, -0.2) is 9.37 Å². The van der Waals surface area contributed by atoms with Crippen molar-refractivity contribution in [1.29, 1.82) is 0 Å². The van der Waals surface area contributed by atoms with E-state index in [0.717, 1.165) is 0 Å². The van der Waals surface area contributed by atoms with Crippen molar-refractivity contribution in [3.05, 3.63) is 45.7 Å². The fourth-order valence-corrected chi connectivity index (χ4v) is 3.02.